The van der Waals surface area contributed by atoms with Gasteiger partial charge in [-0.2, -0.15) is 0 Å². The van der Waals surface area contributed by atoms with E-state index in [0.29, 0.717) is 17.5 Å². The van der Waals surface area contributed by atoms with Crippen LogP contribution in [-0.2, 0) is 11.3 Å². The van der Waals surface area contributed by atoms with E-state index in [4.69, 9.17) is 4.42 Å². The Morgan fingerprint density at radius 3 is 2.84 bits per heavy atom. The predicted octanol–water partition coefficient (Wildman–Crippen LogP) is 4.40. The van der Waals surface area contributed by atoms with Gasteiger partial charge in [-0.3, -0.25) is 14.5 Å². The van der Waals surface area contributed by atoms with E-state index in [0.717, 1.165) is 50.9 Å². The summed E-state index contributed by atoms with van der Waals surface area (Å²) in [6.45, 7) is 3.27. The van der Waals surface area contributed by atoms with Crippen LogP contribution in [0.4, 0.5) is 0 Å². The highest BCUT2D eigenvalue weighted by Gasteiger charge is 2.58. The van der Waals surface area contributed by atoms with E-state index in [9.17, 15) is 9.59 Å². The fourth-order valence-corrected chi connectivity index (χ4v) is 5.50. The van der Waals surface area contributed by atoms with Gasteiger partial charge in [-0.15, -0.1) is 0 Å². The predicted molar refractivity (Wildman–Crippen MR) is 122 cm³/mol. The van der Waals surface area contributed by atoms with Crippen molar-refractivity contribution in [3.63, 3.8) is 0 Å². The van der Waals surface area contributed by atoms with Gasteiger partial charge in [-0.25, -0.2) is 0 Å². The molecule has 2 fully saturated rings. The molecule has 2 aromatic rings. The molecular weight excluding hydrogens is 388 g/mol. The first-order chi connectivity index (χ1) is 15.1. The van der Waals surface area contributed by atoms with Gasteiger partial charge >= 0.3 is 0 Å². The summed E-state index contributed by atoms with van der Waals surface area (Å²) >= 11 is 0. The second-order valence-electron chi connectivity index (χ2n) is 9.63. The van der Waals surface area contributed by atoms with Gasteiger partial charge in [-0.1, -0.05) is 23.8 Å². The molecule has 1 amide bonds. The van der Waals surface area contributed by atoms with Crippen LogP contribution in [0, 0.1) is 11.3 Å². The average Bonchev–Trinajstić information content (AvgIpc) is 3.51. The highest BCUT2D eigenvalue weighted by atomic mass is 16.3. The molecule has 164 valence electrons. The van der Waals surface area contributed by atoms with Crippen molar-refractivity contribution in [3.05, 3.63) is 58.0 Å². The summed E-state index contributed by atoms with van der Waals surface area (Å²) in [4.78, 5) is 27.7. The molecule has 1 unspecified atom stereocenters. The first-order valence-corrected chi connectivity index (χ1v) is 11.8. The molecule has 1 saturated carbocycles. The molecule has 1 N–H and O–H groups in total. The van der Waals surface area contributed by atoms with Crippen molar-refractivity contribution in [2.75, 3.05) is 19.6 Å². The zero-order valence-corrected chi connectivity index (χ0v) is 18.2. The van der Waals surface area contributed by atoms with Crippen LogP contribution in [0.5, 0.6) is 0 Å². The normalized spacial score (nSPS) is 23.0. The van der Waals surface area contributed by atoms with E-state index in [-0.39, 0.29) is 22.7 Å². The topological polar surface area (TPSA) is 62.6 Å². The number of nitrogens with zero attached hydrogens (tertiary/aromatic N) is 1. The van der Waals surface area contributed by atoms with Crippen molar-refractivity contribution in [2.24, 2.45) is 11.3 Å². The Morgan fingerprint density at radius 2 is 2.03 bits per heavy atom. The molecule has 5 heteroatoms. The van der Waals surface area contributed by atoms with Crippen molar-refractivity contribution in [1.82, 2.24) is 10.2 Å². The maximum absolute atomic E-state index is 12.8. The molecule has 1 aromatic heterocycles. The molecular formula is C26H32N2O3. The monoisotopic (exact) mass is 420 g/mol. The number of hydrogen-bond donors (Lipinski definition) is 1. The number of hydrogen-bond acceptors (Lipinski definition) is 4. The Hall–Kier alpha value is -2.40. The molecule has 1 spiro atoms. The maximum Gasteiger partial charge on any atom is 0.223 e. The number of allylic oxidation sites excluding steroid dienone is 1. The molecule has 5 nitrogen and oxygen atoms in total. The standard InChI is InChI=1S/C26H32N2O3/c29-24-20(18-31-23-9-5-4-8-21(23)24)17-28-14-11-26(12-15-28)16-22(26)25(30)27-13-10-19-6-2-1-3-7-19/h4-6,8-9,18,22H,1-3,7,10-17H2,(H,27,30). The van der Waals surface area contributed by atoms with Crippen LogP contribution < -0.4 is 10.7 Å². The molecule has 2 heterocycles. The SMILES string of the molecule is O=C(NCCC1=CCCCC1)C1CC12CCN(Cc1coc3ccccc3c1=O)CC2. The number of carbonyl (C=O) groups excluding carboxylic acids is 1. The van der Waals surface area contributed by atoms with Crippen molar-refractivity contribution in [2.45, 2.75) is 57.9 Å². The smallest absolute Gasteiger partial charge is 0.223 e. The molecule has 5 rings (SSSR count). The van der Waals surface area contributed by atoms with Crippen molar-refractivity contribution in [3.8, 4) is 0 Å². The van der Waals surface area contributed by atoms with Crippen LogP contribution in [0.25, 0.3) is 11.0 Å². The van der Waals surface area contributed by atoms with Gasteiger partial charge in [0, 0.05) is 24.6 Å². The Labute approximate surface area is 183 Å². The molecule has 1 atom stereocenters. The molecule has 1 saturated heterocycles. The zero-order chi connectivity index (χ0) is 21.3. The van der Waals surface area contributed by atoms with Gasteiger partial charge in [0.25, 0.3) is 0 Å². The lowest BCUT2D eigenvalue weighted by Crippen LogP contribution is -2.37. The van der Waals surface area contributed by atoms with E-state index in [1.165, 1.54) is 31.3 Å². The van der Waals surface area contributed by atoms with Crippen molar-refractivity contribution in [1.29, 1.82) is 0 Å². The summed E-state index contributed by atoms with van der Waals surface area (Å²) in [5, 5.41) is 3.84. The first-order valence-electron chi connectivity index (χ1n) is 11.8. The highest BCUT2D eigenvalue weighted by molar-refractivity contribution is 5.82. The number of rotatable bonds is 6. The summed E-state index contributed by atoms with van der Waals surface area (Å²) in [6, 6.07) is 7.41. The van der Waals surface area contributed by atoms with Gasteiger partial charge in [0.1, 0.15) is 5.58 Å². The van der Waals surface area contributed by atoms with Gasteiger partial charge in [-0.05, 0) is 82.0 Å². The lowest BCUT2D eigenvalue weighted by Gasteiger charge is -2.32. The molecule has 2 aliphatic carbocycles. The Bertz CT molecular complexity index is 1050. The summed E-state index contributed by atoms with van der Waals surface area (Å²) in [6.07, 6.45) is 13.1. The van der Waals surface area contributed by atoms with E-state index >= 15 is 0 Å². The minimum Gasteiger partial charge on any atom is -0.464 e. The molecule has 0 radical (unpaired) electrons. The Balaban J connectivity index is 1.11. The fraction of sp³-hybridized carbons (Fsp3) is 0.538. The lowest BCUT2D eigenvalue weighted by molar-refractivity contribution is -0.123. The molecule has 1 aliphatic heterocycles. The number of likely N-dealkylation sites (tertiary alicyclic amines) is 1. The van der Waals surface area contributed by atoms with Gasteiger partial charge in [0.15, 0.2) is 5.43 Å². The van der Waals surface area contributed by atoms with Crippen molar-refractivity contribution >= 4 is 16.9 Å². The zero-order valence-electron chi connectivity index (χ0n) is 18.2. The van der Waals surface area contributed by atoms with Gasteiger partial charge in [0.2, 0.25) is 5.91 Å². The van der Waals surface area contributed by atoms with Crippen LogP contribution >= 0.6 is 0 Å². The summed E-state index contributed by atoms with van der Waals surface area (Å²) in [7, 11) is 0. The Morgan fingerprint density at radius 1 is 1.19 bits per heavy atom. The third-order valence-corrected chi connectivity index (χ3v) is 7.63. The minimum absolute atomic E-state index is 0.0684. The van der Waals surface area contributed by atoms with E-state index in [2.05, 4.69) is 16.3 Å². The second-order valence-corrected chi connectivity index (χ2v) is 9.63. The molecule has 1 aromatic carbocycles. The third kappa shape index (κ3) is 4.33. The number of amides is 1. The van der Waals surface area contributed by atoms with Crippen LogP contribution in [-0.4, -0.2) is 30.4 Å². The number of piperidine rings is 1. The lowest BCUT2D eigenvalue weighted by atomic mass is 9.90. The van der Waals surface area contributed by atoms with E-state index in [1.807, 2.05) is 24.3 Å². The highest BCUT2D eigenvalue weighted by Crippen LogP contribution is 2.59. The quantitative estimate of drug-likeness (QED) is 0.704. The number of para-hydroxylation sites is 1. The number of fused-ring (bicyclic) bond motifs is 1. The summed E-state index contributed by atoms with van der Waals surface area (Å²) in [5.74, 6) is 0.431. The third-order valence-electron chi connectivity index (χ3n) is 7.63. The van der Waals surface area contributed by atoms with Crippen molar-refractivity contribution < 1.29 is 9.21 Å². The number of nitrogens with one attached hydrogen (secondary N) is 1. The second kappa shape index (κ2) is 8.62. The van der Waals surface area contributed by atoms with Gasteiger partial charge < -0.3 is 9.73 Å². The minimum atomic E-state index is 0.0684. The van der Waals surface area contributed by atoms with Crippen LogP contribution in [0.3, 0.4) is 0 Å². The van der Waals surface area contributed by atoms with E-state index in [1.54, 1.807) is 6.26 Å². The fourth-order valence-electron chi connectivity index (χ4n) is 5.50. The average molecular weight is 421 g/mol. The molecule has 0 bridgehead atoms. The number of benzene rings is 1. The molecule has 3 aliphatic rings. The van der Waals surface area contributed by atoms with Crippen LogP contribution in [0.2, 0.25) is 0 Å². The summed E-state index contributed by atoms with van der Waals surface area (Å²) < 4.78 is 5.66. The maximum atomic E-state index is 12.8. The number of carbonyl (C=O) groups is 1. The molecule has 31 heavy (non-hydrogen) atoms. The van der Waals surface area contributed by atoms with Gasteiger partial charge in [0.05, 0.1) is 11.6 Å². The van der Waals surface area contributed by atoms with Crippen LogP contribution in [0.1, 0.15) is 56.9 Å². The Kier molecular flexibility index (Phi) is 5.70. The van der Waals surface area contributed by atoms with Crippen LogP contribution in [0.15, 0.2) is 51.4 Å². The largest absolute Gasteiger partial charge is 0.464 e. The first kappa shape index (κ1) is 20.5. The summed E-state index contributed by atoms with van der Waals surface area (Å²) in [5.41, 5.74) is 3.14. The van der Waals surface area contributed by atoms with E-state index < -0.39 is 0 Å².